The van der Waals surface area contributed by atoms with Gasteiger partial charge < -0.3 is 23.9 Å². The summed E-state index contributed by atoms with van der Waals surface area (Å²) in [6, 6.07) is 28.5. The molecule has 0 unspecified atom stereocenters. The van der Waals surface area contributed by atoms with E-state index in [4.69, 9.17) is 35.9 Å². The van der Waals surface area contributed by atoms with Crippen LogP contribution in [0.2, 0.25) is 5.02 Å². The van der Waals surface area contributed by atoms with Gasteiger partial charge in [-0.25, -0.2) is 4.98 Å². The van der Waals surface area contributed by atoms with Crippen LogP contribution < -0.4 is 14.2 Å². The average Bonchev–Trinajstić information content (AvgIpc) is 3.27. The molecule has 1 aromatic heterocycles. The van der Waals surface area contributed by atoms with E-state index in [0.29, 0.717) is 42.6 Å². The van der Waals surface area contributed by atoms with Gasteiger partial charge in [-0.2, -0.15) is 0 Å². The zero-order chi connectivity index (χ0) is 27.9. The number of carboxylic acid groups (broad SMARTS) is 1. The van der Waals surface area contributed by atoms with Crippen molar-refractivity contribution in [2.24, 2.45) is 7.05 Å². The monoisotopic (exact) mass is 556 g/mol. The summed E-state index contributed by atoms with van der Waals surface area (Å²) >= 11 is 5.98. The van der Waals surface area contributed by atoms with Crippen LogP contribution in [-0.2, 0) is 31.3 Å². The smallest absolute Gasteiger partial charge is 0.303 e. The van der Waals surface area contributed by atoms with E-state index in [0.717, 1.165) is 39.5 Å². The molecule has 0 aliphatic rings. The Kier molecular flexibility index (Phi) is 8.52. The van der Waals surface area contributed by atoms with E-state index >= 15 is 0 Å². The summed E-state index contributed by atoms with van der Waals surface area (Å²) in [5.41, 5.74) is 3.63. The molecule has 7 nitrogen and oxygen atoms in total. The average molecular weight is 557 g/mol. The van der Waals surface area contributed by atoms with Crippen LogP contribution in [-0.4, -0.2) is 27.2 Å². The number of nitrogens with zero attached hydrogens (tertiary/aromatic N) is 2. The standard InChI is InChI=1S/C32H29ClN2O5/c1-35-29-19-27(40-25-5-3-2-4-6-25)14-15-28(29)34-31(35)17-18-38-26-13-9-23(10-16-32(36)37)30(20-26)39-21-22-7-11-24(33)12-8-22/h2-9,11-15,19-20H,10,16-18,21H2,1H3,(H,36,37). The molecule has 0 saturated carbocycles. The molecule has 8 heteroatoms. The molecule has 0 spiro atoms. The van der Waals surface area contributed by atoms with Gasteiger partial charge in [0, 0.05) is 37.0 Å². The van der Waals surface area contributed by atoms with E-state index in [9.17, 15) is 4.79 Å². The minimum atomic E-state index is -0.856. The summed E-state index contributed by atoms with van der Waals surface area (Å²) < 4.78 is 20.2. The Hall–Kier alpha value is -4.49. The van der Waals surface area contributed by atoms with Crippen LogP contribution in [0.15, 0.2) is 91.0 Å². The number of hydrogen-bond donors (Lipinski definition) is 1. The van der Waals surface area contributed by atoms with Crippen molar-refractivity contribution in [3.63, 3.8) is 0 Å². The second-order valence-electron chi connectivity index (χ2n) is 9.33. The fourth-order valence-corrected chi connectivity index (χ4v) is 4.47. The van der Waals surface area contributed by atoms with Crippen molar-refractivity contribution in [1.82, 2.24) is 9.55 Å². The second kappa shape index (κ2) is 12.6. The largest absolute Gasteiger partial charge is 0.493 e. The van der Waals surface area contributed by atoms with Crippen molar-refractivity contribution in [3.8, 4) is 23.0 Å². The van der Waals surface area contributed by atoms with Crippen LogP contribution in [0.3, 0.4) is 0 Å². The number of aliphatic carboxylic acids is 1. The zero-order valence-electron chi connectivity index (χ0n) is 22.0. The summed E-state index contributed by atoms with van der Waals surface area (Å²) in [7, 11) is 1.98. The van der Waals surface area contributed by atoms with Crippen LogP contribution >= 0.6 is 11.6 Å². The highest BCUT2D eigenvalue weighted by atomic mass is 35.5. The molecule has 0 saturated heterocycles. The third-order valence-electron chi connectivity index (χ3n) is 6.47. The van der Waals surface area contributed by atoms with E-state index in [1.54, 1.807) is 0 Å². The van der Waals surface area contributed by atoms with Gasteiger partial charge in [0.15, 0.2) is 0 Å². The third kappa shape index (κ3) is 6.93. The number of carboxylic acids is 1. The first kappa shape index (κ1) is 27.1. The summed E-state index contributed by atoms with van der Waals surface area (Å²) in [5, 5.41) is 9.80. The molecule has 1 heterocycles. The highest BCUT2D eigenvalue weighted by molar-refractivity contribution is 6.30. The van der Waals surface area contributed by atoms with Gasteiger partial charge in [0.25, 0.3) is 0 Å². The van der Waals surface area contributed by atoms with Crippen molar-refractivity contribution < 1.29 is 24.1 Å². The lowest BCUT2D eigenvalue weighted by Gasteiger charge is -2.14. The SMILES string of the molecule is Cn1c(CCOc2ccc(CCC(=O)O)c(OCc3ccc(Cl)cc3)c2)nc2ccc(Oc3ccccc3)cc21. The van der Waals surface area contributed by atoms with Gasteiger partial charge in [-0.15, -0.1) is 0 Å². The van der Waals surface area contributed by atoms with Crippen molar-refractivity contribution in [2.45, 2.75) is 25.9 Å². The summed E-state index contributed by atoms with van der Waals surface area (Å²) in [4.78, 5) is 15.9. The molecular weight excluding hydrogens is 528 g/mol. The van der Waals surface area contributed by atoms with Crippen LogP contribution in [0, 0.1) is 0 Å². The minimum absolute atomic E-state index is 0.0162. The molecule has 204 valence electrons. The molecule has 5 aromatic rings. The quantitative estimate of drug-likeness (QED) is 0.174. The Labute approximate surface area is 237 Å². The van der Waals surface area contributed by atoms with Crippen LogP contribution in [0.1, 0.15) is 23.4 Å². The highest BCUT2D eigenvalue weighted by Gasteiger charge is 2.12. The van der Waals surface area contributed by atoms with Crippen LogP contribution in [0.4, 0.5) is 0 Å². The molecule has 4 aromatic carbocycles. The second-order valence-corrected chi connectivity index (χ2v) is 9.77. The summed E-state index contributed by atoms with van der Waals surface area (Å²) in [5.74, 6) is 2.81. The Balaban J connectivity index is 1.25. The van der Waals surface area contributed by atoms with Crippen molar-refractivity contribution in [2.75, 3.05) is 6.61 Å². The molecule has 0 aliphatic carbocycles. The normalized spacial score (nSPS) is 10.9. The molecule has 0 radical (unpaired) electrons. The molecule has 40 heavy (non-hydrogen) atoms. The molecule has 0 atom stereocenters. The number of halogens is 1. The van der Waals surface area contributed by atoms with Crippen molar-refractivity contribution in [1.29, 1.82) is 0 Å². The van der Waals surface area contributed by atoms with E-state index < -0.39 is 5.97 Å². The Bertz CT molecular complexity index is 1600. The molecular formula is C32H29ClN2O5. The molecule has 1 N–H and O–H groups in total. The molecule has 0 bridgehead atoms. The van der Waals surface area contributed by atoms with E-state index in [1.165, 1.54) is 0 Å². The first-order chi connectivity index (χ1) is 19.4. The Morgan fingerprint density at radius 1 is 0.875 bits per heavy atom. The first-order valence-electron chi connectivity index (χ1n) is 13.0. The Morgan fingerprint density at radius 2 is 1.65 bits per heavy atom. The third-order valence-corrected chi connectivity index (χ3v) is 6.72. The predicted molar refractivity (Wildman–Crippen MR) is 155 cm³/mol. The first-order valence-corrected chi connectivity index (χ1v) is 13.4. The van der Waals surface area contributed by atoms with Crippen molar-refractivity contribution in [3.05, 3.63) is 113 Å². The maximum absolute atomic E-state index is 11.1. The molecule has 5 rings (SSSR count). The van der Waals surface area contributed by atoms with E-state index in [-0.39, 0.29) is 6.42 Å². The number of hydrogen-bond acceptors (Lipinski definition) is 5. The lowest BCUT2D eigenvalue weighted by atomic mass is 10.1. The van der Waals surface area contributed by atoms with Gasteiger partial charge in [0.05, 0.1) is 17.6 Å². The number of aromatic nitrogens is 2. The van der Waals surface area contributed by atoms with Crippen LogP contribution in [0.25, 0.3) is 11.0 Å². The minimum Gasteiger partial charge on any atom is -0.493 e. The maximum atomic E-state index is 11.1. The number of fused-ring (bicyclic) bond motifs is 1. The van der Waals surface area contributed by atoms with Gasteiger partial charge in [-0.05, 0) is 60.0 Å². The topological polar surface area (TPSA) is 82.8 Å². The maximum Gasteiger partial charge on any atom is 0.303 e. The Morgan fingerprint density at radius 3 is 2.42 bits per heavy atom. The van der Waals surface area contributed by atoms with E-state index in [1.807, 2.05) is 103 Å². The summed E-state index contributed by atoms with van der Waals surface area (Å²) in [6.07, 6.45) is 0.978. The highest BCUT2D eigenvalue weighted by Crippen LogP contribution is 2.29. The number of carbonyl (C=O) groups is 1. The van der Waals surface area contributed by atoms with Gasteiger partial charge in [-0.3, -0.25) is 4.79 Å². The van der Waals surface area contributed by atoms with Crippen LogP contribution in [0.5, 0.6) is 23.0 Å². The fourth-order valence-electron chi connectivity index (χ4n) is 4.34. The van der Waals surface area contributed by atoms with Gasteiger partial charge in [0.2, 0.25) is 0 Å². The van der Waals surface area contributed by atoms with Crippen molar-refractivity contribution >= 4 is 28.6 Å². The molecule has 0 amide bonds. The van der Waals surface area contributed by atoms with Gasteiger partial charge in [0.1, 0.15) is 35.4 Å². The van der Waals surface area contributed by atoms with Gasteiger partial charge >= 0.3 is 5.97 Å². The molecule has 0 aliphatic heterocycles. The zero-order valence-corrected chi connectivity index (χ0v) is 22.8. The number of benzene rings is 4. The predicted octanol–water partition coefficient (Wildman–Crippen LogP) is 7.24. The van der Waals surface area contributed by atoms with E-state index in [2.05, 4.69) is 0 Å². The fraction of sp³-hybridized carbons (Fsp3) is 0.188. The number of aryl methyl sites for hydroxylation is 2. The number of rotatable bonds is 12. The lowest BCUT2D eigenvalue weighted by Crippen LogP contribution is -2.07. The number of para-hydroxylation sites is 1. The van der Waals surface area contributed by atoms with Gasteiger partial charge in [-0.1, -0.05) is 48.0 Å². The molecule has 0 fully saturated rings. The lowest BCUT2D eigenvalue weighted by molar-refractivity contribution is -0.136. The number of ether oxygens (including phenoxy) is 3. The number of imidazole rings is 1. The summed E-state index contributed by atoms with van der Waals surface area (Å²) in [6.45, 7) is 0.742.